The highest BCUT2D eigenvalue weighted by Gasteiger charge is 2.37. The highest BCUT2D eigenvalue weighted by molar-refractivity contribution is 5.74. The maximum atomic E-state index is 11.9. The van der Waals surface area contributed by atoms with Crippen molar-refractivity contribution in [3.8, 4) is 0 Å². The van der Waals surface area contributed by atoms with Crippen LogP contribution in [-0.2, 0) is 14.3 Å². The number of amides is 1. The zero-order chi connectivity index (χ0) is 14.5. The summed E-state index contributed by atoms with van der Waals surface area (Å²) >= 11 is 0. The summed E-state index contributed by atoms with van der Waals surface area (Å²) in [6.45, 7) is 5.46. The summed E-state index contributed by atoms with van der Waals surface area (Å²) < 4.78 is 10.0. The molecule has 1 saturated carbocycles. The SMILES string of the molecule is COC(=O)CC1(NC(=O)OC(C)(C)C)CCCCC1. The van der Waals surface area contributed by atoms with Crippen LogP contribution in [-0.4, -0.2) is 30.3 Å². The third kappa shape index (κ3) is 5.49. The summed E-state index contributed by atoms with van der Waals surface area (Å²) in [6.07, 6.45) is 4.49. The number of rotatable bonds is 3. The first-order valence-corrected chi connectivity index (χ1v) is 6.84. The normalized spacial score (nSPS) is 18.5. The predicted molar refractivity (Wildman–Crippen MR) is 71.8 cm³/mol. The first-order chi connectivity index (χ1) is 8.76. The molecule has 0 atom stereocenters. The number of hydrogen-bond acceptors (Lipinski definition) is 4. The maximum Gasteiger partial charge on any atom is 0.408 e. The summed E-state index contributed by atoms with van der Waals surface area (Å²) in [5, 5.41) is 2.89. The van der Waals surface area contributed by atoms with E-state index in [-0.39, 0.29) is 12.4 Å². The second kappa shape index (κ2) is 6.26. The molecule has 0 bridgehead atoms. The van der Waals surface area contributed by atoms with Crippen LogP contribution in [0.3, 0.4) is 0 Å². The molecule has 1 aliphatic rings. The Hall–Kier alpha value is -1.26. The zero-order valence-corrected chi connectivity index (χ0v) is 12.4. The molecule has 0 aromatic carbocycles. The van der Waals surface area contributed by atoms with E-state index in [4.69, 9.17) is 9.47 Å². The van der Waals surface area contributed by atoms with Crippen LogP contribution in [0.15, 0.2) is 0 Å². The minimum absolute atomic E-state index is 0.211. The maximum absolute atomic E-state index is 11.9. The van der Waals surface area contributed by atoms with Crippen molar-refractivity contribution < 1.29 is 19.1 Å². The van der Waals surface area contributed by atoms with Gasteiger partial charge in [-0.1, -0.05) is 19.3 Å². The minimum atomic E-state index is -0.537. The molecule has 0 radical (unpaired) electrons. The van der Waals surface area contributed by atoms with Crippen LogP contribution in [0.1, 0.15) is 59.3 Å². The van der Waals surface area contributed by atoms with Gasteiger partial charge in [0, 0.05) is 0 Å². The largest absolute Gasteiger partial charge is 0.469 e. The molecule has 1 fully saturated rings. The Labute approximate surface area is 115 Å². The number of nitrogens with one attached hydrogen (secondary N) is 1. The van der Waals surface area contributed by atoms with E-state index in [0.717, 1.165) is 32.1 Å². The van der Waals surface area contributed by atoms with Gasteiger partial charge in [0.2, 0.25) is 0 Å². The minimum Gasteiger partial charge on any atom is -0.469 e. The highest BCUT2D eigenvalue weighted by Crippen LogP contribution is 2.31. The lowest BCUT2D eigenvalue weighted by atomic mass is 9.79. The Bertz CT molecular complexity index is 327. The van der Waals surface area contributed by atoms with E-state index < -0.39 is 17.2 Å². The number of hydrogen-bond donors (Lipinski definition) is 1. The Kier molecular flexibility index (Phi) is 5.20. The van der Waals surface area contributed by atoms with Gasteiger partial charge in [-0.3, -0.25) is 4.79 Å². The number of methoxy groups -OCH3 is 1. The van der Waals surface area contributed by atoms with Crippen LogP contribution in [0, 0.1) is 0 Å². The summed E-state index contributed by atoms with van der Waals surface area (Å²) in [4.78, 5) is 23.5. The fourth-order valence-corrected chi connectivity index (χ4v) is 2.44. The molecule has 1 rings (SSSR count). The van der Waals surface area contributed by atoms with Crippen LogP contribution < -0.4 is 5.32 Å². The average molecular weight is 271 g/mol. The number of carbonyl (C=O) groups is 2. The lowest BCUT2D eigenvalue weighted by Gasteiger charge is -2.37. The van der Waals surface area contributed by atoms with Gasteiger partial charge in [0.25, 0.3) is 0 Å². The standard InChI is InChI=1S/C14H25NO4/c1-13(2,3)19-12(17)15-14(10-11(16)18-4)8-6-5-7-9-14/h5-10H2,1-4H3,(H,15,17). The molecule has 1 N–H and O–H groups in total. The van der Waals surface area contributed by atoms with Crippen LogP contribution in [0.4, 0.5) is 4.79 Å². The van der Waals surface area contributed by atoms with Crippen molar-refractivity contribution >= 4 is 12.1 Å². The van der Waals surface area contributed by atoms with Crippen LogP contribution in [0.5, 0.6) is 0 Å². The van der Waals surface area contributed by atoms with E-state index in [1.54, 1.807) is 0 Å². The molecule has 1 amide bonds. The molecule has 0 heterocycles. The third-order valence-electron chi connectivity index (χ3n) is 3.29. The fraction of sp³-hybridized carbons (Fsp3) is 0.857. The molecular weight excluding hydrogens is 246 g/mol. The zero-order valence-electron chi connectivity index (χ0n) is 12.4. The summed E-state index contributed by atoms with van der Waals surface area (Å²) in [5.41, 5.74) is -1.04. The van der Waals surface area contributed by atoms with Crippen molar-refractivity contribution in [2.24, 2.45) is 0 Å². The van der Waals surface area contributed by atoms with Gasteiger partial charge in [-0.25, -0.2) is 4.79 Å². The van der Waals surface area contributed by atoms with Gasteiger partial charge < -0.3 is 14.8 Å². The van der Waals surface area contributed by atoms with Crippen LogP contribution in [0.25, 0.3) is 0 Å². The second-order valence-electron chi connectivity index (χ2n) is 6.22. The van der Waals surface area contributed by atoms with Gasteiger partial charge >= 0.3 is 12.1 Å². The number of carbonyl (C=O) groups excluding carboxylic acids is 2. The summed E-state index contributed by atoms with van der Waals surface area (Å²) in [6, 6.07) is 0. The molecule has 5 heteroatoms. The third-order valence-corrected chi connectivity index (χ3v) is 3.29. The lowest BCUT2D eigenvalue weighted by molar-refractivity contribution is -0.142. The van der Waals surface area contributed by atoms with Crippen molar-refractivity contribution in [3.63, 3.8) is 0 Å². The van der Waals surface area contributed by atoms with Gasteiger partial charge in [-0.05, 0) is 33.6 Å². The Balaban J connectivity index is 2.68. The van der Waals surface area contributed by atoms with Gasteiger partial charge in [-0.2, -0.15) is 0 Å². The smallest absolute Gasteiger partial charge is 0.408 e. The van der Waals surface area contributed by atoms with Crippen molar-refractivity contribution in [2.45, 2.75) is 70.4 Å². The summed E-state index contributed by atoms with van der Waals surface area (Å²) in [5.74, 6) is -0.294. The first-order valence-electron chi connectivity index (χ1n) is 6.84. The molecule has 0 spiro atoms. The molecule has 0 unspecified atom stereocenters. The fourth-order valence-electron chi connectivity index (χ4n) is 2.44. The predicted octanol–water partition coefficient (Wildman–Crippen LogP) is 2.78. The van der Waals surface area contributed by atoms with Crippen molar-refractivity contribution in [2.75, 3.05) is 7.11 Å². The molecule has 0 saturated heterocycles. The van der Waals surface area contributed by atoms with E-state index in [0.29, 0.717) is 0 Å². The Morgan fingerprint density at radius 1 is 1.16 bits per heavy atom. The van der Waals surface area contributed by atoms with Gasteiger partial charge in [0.15, 0.2) is 0 Å². The van der Waals surface area contributed by atoms with Crippen molar-refractivity contribution in [1.82, 2.24) is 5.32 Å². The number of alkyl carbamates (subject to hydrolysis) is 1. The van der Waals surface area contributed by atoms with Gasteiger partial charge in [0.1, 0.15) is 5.60 Å². The van der Waals surface area contributed by atoms with E-state index in [9.17, 15) is 9.59 Å². The molecule has 1 aliphatic carbocycles. The number of esters is 1. The molecule has 110 valence electrons. The first kappa shape index (κ1) is 15.8. The Morgan fingerprint density at radius 2 is 1.74 bits per heavy atom. The monoisotopic (exact) mass is 271 g/mol. The van der Waals surface area contributed by atoms with Crippen LogP contribution >= 0.6 is 0 Å². The van der Waals surface area contributed by atoms with E-state index in [1.165, 1.54) is 7.11 Å². The molecule has 0 aliphatic heterocycles. The van der Waals surface area contributed by atoms with Gasteiger partial charge in [0.05, 0.1) is 19.1 Å². The van der Waals surface area contributed by atoms with E-state index in [2.05, 4.69) is 5.32 Å². The molecule has 0 aromatic rings. The molecule has 19 heavy (non-hydrogen) atoms. The quantitative estimate of drug-likeness (QED) is 0.802. The lowest BCUT2D eigenvalue weighted by Crippen LogP contribution is -2.52. The second-order valence-corrected chi connectivity index (χ2v) is 6.22. The molecule has 5 nitrogen and oxygen atoms in total. The van der Waals surface area contributed by atoms with Gasteiger partial charge in [-0.15, -0.1) is 0 Å². The summed E-state index contributed by atoms with van der Waals surface area (Å²) in [7, 11) is 1.37. The van der Waals surface area contributed by atoms with Crippen molar-refractivity contribution in [3.05, 3.63) is 0 Å². The van der Waals surface area contributed by atoms with E-state index in [1.807, 2.05) is 20.8 Å². The molecular formula is C14H25NO4. The van der Waals surface area contributed by atoms with Crippen LogP contribution in [0.2, 0.25) is 0 Å². The number of ether oxygens (including phenoxy) is 2. The highest BCUT2D eigenvalue weighted by atomic mass is 16.6. The average Bonchev–Trinajstić information content (AvgIpc) is 2.26. The van der Waals surface area contributed by atoms with Crippen molar-refractivity contribution in [1.29, 1.82) is 0 Å². The molecule has 0 aromatic heterocycles. The Morgan fingerprint density at radius 3 is 2.21 bits per heavy atom. The topological polar surface area (TPSA) is 64.6 Å². The van der Waals surface area contributed by atoms with E-state index >= 15 is 0 Å².